The molecule has 3 aromatic rings. The van der Waals surface area contributed by atoms with E-state index in [2.05, 4.69) is 56.0 Å². The topological polar surface area (TPSA) is 9.23 Å². The molecule has 33 heavy (non-hydrogen) atoms. The Morgan fingerprint density at radius 2 is 1.55 bits per heavy atom. The number of rotatable bonds is 9. The molecule has 1 aliphatic carbocycles. The Bertz CT molecular complexity index is 1030. The second kappa shape index (κ2) is 11.4. The van der Waals surface area contributed by atoms with E-state index in [0.29, 0.717) is 24.0 Å². The molecule has 172 valence electrons. The largest absolute Gasteiger partial charge is 0.377 e. The highest BCUT2D eigenvalue weighted by Gasteiger charge is 2.20. The van der Waals surface area contributed by atoms with Crippen LogP contribution in [0.3, 0.4) is 0 Å². The molecule has 1 nitrogen and oxygen atoms in total. The quantitative estimate of drug-likeness (QED) is 0.237. The van der Waals surface area contributed by atoms with Crippen LogP contribution >= 0.6 is 0 Å². The summed E-state index contributed by atoms with van der Waals surface area (Å²) in [5.41, 5.74) is 6.01. The van der Waals surface area contributed by atoms with E-state index in [1.165, 1.54) is 31.2 Å². The van der Waals surface area contributed by atoms with Gasteiger partial charge in [0.2, 0.25) is 0 Å². The van der Waals surface area contributed by atoms with Crippen molar-refractivity contribution in [2.24, 2.45) is 5.92 Å². The lowest BCUT2D eigenvalue weighted by atomic mass is 9.78. The highest BCUT2D eigenvalue weighted by atomic mass is 19.1. The fourth-order valence-corrected chi connectivity index (χ4v) is 4.78. The van der Waals surface area contributed by atoms with Crippen molar-refractivity contribution in [3.8, 4) is 22.3 Å². The average molecular weight is 443 g/mol. The van der Waals surface area contributed by atoms with Crippen LogP contribution in [-0.4, -0.2) is 6.61 Å². The predicted octanol–water partition coefficient (Wildman–Crippen LogP) is 8.94. The number of allylic oxidation sites excluding steroid dienone is 1. The monoisotopic (exact) mass is 442 g/mol. The third-order valence-corrected chi connectivity index (χ3v) is 6.97. The Hall–Kier alpha value is -2.71. The molecule has 0 saturated heterocycles. The lowest BCUT2D eigenvalue weighted by Gasteiger charge is -2.27. The van der Waals surface area contributed by atoms with E-state index in [9.17, 15) is 0 Å². The van der Waals surface area contributed by atoms with E-state index < -0.39 is 0 Å². The van der Waals surface area contributed by atoms with Gasteiger partial charge in [0, 0.05) is 12.2 Å². The second-order valence-corrected chi connectivity index (χ2v) is 9.27. The lowest BCUT2D eigenvalue weighted by Crippen LogP contribution is -2.11. The molecule has 0 aromatic heterocycles. The molecule has 1 aliphatic rings. The van der Waals surface area contributed by atoms with E-state index in [4.69, 9.17) is 4.74 Å². The molecule has 1 fully saturated rings. The van der Waals surface area contributed by atoms with Gasteiger partial charge in [0.05, 0.1) is 6.61 Å². The maximum Gasteiger partial charge on any atom is 0.131 e. The van der Waals surface area contributed by atoms with E-state index in [-0.39, 0.29) is 5.82 Å². The van der Waals surface area contributed by atoms with Crippen molar-refractivity contribution in [1.29, 1.82) is 0 Å². The fourth-order valence-electron chi connectivity index (χ4n) is 4.78. The molecule has 0 bridgehead atoms. The third-order valence-electron chi connectivity index (χ3n) is 6.97. The number of benzene rings is 3. The van der Waals surface area contributed by atoms with Crippen LogP contribution in [0.1, 0.15) is 62.5 Å². The minimum Gasteiger partial charge on any atom is -0.377 e. The van der Waals surface area contributed by atoms with Gasteiger partial charge in [-0.1, -0.05) is 80.1 Å². The molecule has 0 radical (unpaired) electrons. The molecule has 2 heteroatoms. The van der Waals surface area contributed by atoms with Gasteiger partial charge in [0.25, 0.3) is 0 Å². The Morgan fingerprint density at radius 3 is 2.18 bits per heavy atom. The molecule has 0 atom stereocenters. The zero-order chi connectivity index (χ0) is 23.0. The zero-order valence-electron chi connectivity index (χ0n) is 19.7. The van der Waals surface area contributed by atoms with Crippen LogP contribution in [0.15, 0.2) is 79.4 Å². The SMILES string of the molecule is C=C[C@H]1CC[C@H](c2ccc(-c3ccc(-c4ccc(COCCCC)cc4)cc3F)cc2)CC1. The van der Waals surface area contributed by atoms with Crippen LogP contribution in [-0.2, 0) is 11.3 Å². The maximum atomic E-state index is 15.0. The first-order chi connectivity index (χ1) is 16.2. The van der Waals surface area contributed by atoms with Gasteiger partial charge >= 0.3 is 0 Å². The van der Waals surface area contributed by atoms with Gasteiger partial charge in [0.1, 0.15) is 5.82 Å². The van der Waals surface area contributed by atoms with Crippen molar-refractivity contribution < 1.29 is 9.13 Å². The van der Waals surface area contributed by atoms with E-state index in [0.717, 1.165) is 41.7 Å². The van der Waals surface area contributed by atoms with Crippen LogP contribution < -0.4 is 0 Å². The smallest absolute Gasteiger partial charge is 0.131 e. The number of ether oxygens (including phenoxy) is 1. The molecule has 1 saturated carbocycles. The van der Waals surface area contributed by atoms with E-state index in [1.807, 2.05) is 24.3 Å². The Labute approximate surface area is 198 Å². The Balaban J connectivity index is 1.42. The van der Waals surface area contributed by atoms with Gasteiger partial charge in [0.15, 0.2) is 0 Å². The van der Waals surface area contributed by atoms with Crippen molar-refractivity contribution in [2.75, 3.05) is 6.61 Å². The van der Waals surface area contributed by atoms with Crippen molar-refractivity contribution in [3.63, 3.8) is 0 Å². The Kier molecular flexibility index (Phi) is 8.12. The summed E-state index contributed by atoms with van der Waals surface area (Å²) in [6, 6.07) is 22.3. The molecular weight excluding hydrogens is 407 g/mol. The van der Waals surface area contributed by atoms with Gasteiger partial charge in [-0.2, -0.15) is 0 Å². The average Bonchev–Trinajstić information content (AvgIpc) is 2.87. The van der Waals surface area contributed by atoms with Gasteiger partial charge in [-0.25, -0.2) is 4.39 Å². The van der Waals surface area contributed by atoms with Crippen molar-refractivity contribution in [3.05, 3.63) is 96.3 Å². The van der Waals surface area contributed by atoms with Gasteiger partial charge in [-0.15, -0.1) is 6.58 Å². The summed E-state index contributed by atoms with van der Waals surface area (Å²) >= 11 is 0. The summed E-state index contributed by atoms with van der Waals surface area (Å²) in [7, 11) is 0. The van der Waals surface area contributed by atoms with Crippen molar-refractivity contribution >= 4 is 0 Å². The Morgan fingerprint density at radius 1 is 0.879 bits per heavy atom. The lowest BCUT2D eigenvalue weighted by molar-refractivity contribution is 0.118. The van der Waals surface area contributed by atoms with Crippen LogP contribution in [0.5, 0.6) is 0 Å². The van der Waals surface area contributed by atoms with Gasteiger partial charge in [-0.05, 0) is 77.8 Å². The fraction of sp³-hybridized carbons (Fsp3) is 0.355. The first kappa shape index (κ1) is 23.4. The molecule has 4 rings (SSSR count). The minimum atomic E-state index is -0.182. The van der Waals surface area contributed by atoms with Crippen molar-refractivity contribution in [1.82, 2.24) is 0 Å². The van der Waals surface area contributed by atoms with Crippen LogP contribution in [0.2, 0.25) is 0 Å². The zero-order valence-corrected chi connectivity index (χ0v) is 19.7. The first-order valence-electron chi connectivity index (χ1n) is 12.4. The molecule has 0 unspecified atom stereocenters. The summed E-state index contributed by atoms with van der Waals surface area (Å²) < 4.78 is 20.7. The molecule has 0 heterocycles. The van der Waals surface area contributed by atoms with Crippen LogP contribution in [0, 0.1) is 11.7 Å². The molecule has 0 spiro atoms. The van der Waals surface area contributed by atoms with E-state index >= 15 is 4.39 Å². The summed E-state index contributed by atoms with van der Waals surface area (Å²) in [5, 5.41) is 0. The summed E-state index contributed by atoms with van der Waals surface area (Å²) in [5.74, 6) is 1.10. The normalized spacial score (nSPS) is 18.2. The standard InChI is InChI=1S/C31H35FO/c1-3-5-20-33-22-24-8-12-27(13-9-24)29-18-19-30(31(32)21-29)28-16-14-26(15-17-28)25-10-6-23(4-2)7-11-25/h4,8-9,12-19,21,23,25H,2-3,5-7,10-11,20,22H2,1H3/t23-,25-. The van der Waals surface area contributed by atoms with Gasteiger partial charge in [-0.3, -0.25) is 0 Å². The third kappa shape index (κ3) is 6.00. The van der Waals surface area contributed by atoms with Crippen LogP contribution in [0.4, 0.5) is 4.39 Å². The number of hydrogen-bond acceptors (Lipinski definition) is 1. The minimum absolute atomic E-state index is 0.182. The summed E-state index contributed by atoms with van der Waals surface area (Å²) in [6.45, 7) is 7.52. The highest BCUT2D eigenvalue weighted by molar-refractivity contribution is 5.71. The molecule has 0 aliphatic heterocycles. The number of hydrogen-bond donors (Lipinski definition) is 0. The second-order valence-electron chi connectivity index (χ2n) is 9.27. The van der Waals surface area contributed by atoms with Crippen LogP contribution in [0.25, 0.3) is 22.3 Å². The number of halogens is 1. The molecule has 0 amide bonds. The van der Waals surface area contributed by atoms with Gasteiger partial charge < -0.3 is 4.74 Å². The van der Waals surface area contributed by atoms with E-state index in [1.54, 1.807) is 6.07 Å². The summed E-state index contributed by atoms with van der Waals surface area (Å²) in [4.78, 5) is 0. The first-order valence-corrected chi connectivity index (χ1v) is 12.4. The predicted molar refractivity (Wildman–Crippen MR) is 137 cm³/mol. The highest BCUT2D eigenvalue weighted by Crippen LogP contribution is 2.37. The summed E-state index contributed by atoms with van der Waals surface area (Å²) in [6.07, 6.45) is 9.19. The molecule has 0 N–H and O–H groups in total. The molecular formula is C31H35FO. The number of unbranched alkanes of at least 4 members (excludes halogenated alkanes) is 1. The maximum absolute atomic E-state index is 15.0. The molecule has 3 aromatic carbocycles. The van der Waals surface area contributed by atoms with Crippen molar-refractivity contribution in [2.45, 2.75) is 58.0 Å².